The number of nitrogens with one attached hydrogen (secondary N) is 1. The monoisotopic (exact) mass is 257 g/mol. The van der Waals surface area contributed by atoms with Gasteiger partial charge in [0, 0.05) is 0 Å². The molecule has 1 N–H and O–H groups in total. The lowest BCUT2D eigenvalue weighted by atomic mass is 9.90. The van der Waals surface area contributed by atoms with E-state index in [4.69, 9.17) is 11.6 Å². The molecular weight excluding hydrogens is 246 g/mol. The molecular formula is C15H12ClNO. The van der Waals surface area contributed by atoms with Gasteiger partial charge in [0.25, 0.3) is 0 Å². The first-order chi connectivity index (χ1) is 8.68. The van der Waals surface area contributed by atoms with Gasteiger partial charge in [-0.1, -0.05) is 48.0 Å². The van der Waals surface area contributed by atoms with E-state index >= 15 is 0 Å². The number of halogens is 1. The molecule has 90 valence electrons. The van der Waals surface area contributed by atoms with Crippen molar-refractivity contribution in [1.29, 1.82) is 0 Å². The molecule has 2 nitrogen and oxygen atoms in total. The van der Waals surface area contributed by atoms with Gasteiger partial charge >= 0.3 is 0 Å². The second kappa shape index (κ2) is 4.14. The average molecular weight is 258 g/mol. The van der Waals surface area contributed by atoms with E-state index in [0.717, 1.165) is 22.4 Å². The molecule has 1 aliphatic heterocycles. The van der Waals surface area contributed by atoms with Crippen LogP contribution in [0.4, 0.5) is 5.69 Å². The van der Waals surface area contributed by atoms with Gasteiger partial charge in [0.2, 0.25) is 5.91 Å². The van der Waals surface area contributed by atoms with Gasteiger partial charge in [-0.3, -0.25) is 4.79 Å². The molecule has 0 radical (unpaired) electrons. The Balaban J connectivity index is 2.19. The third-order valence-corrected chi connectivity index (χ3v) is 3.68. The Bertz CT molecular complexity index is 636. The van der Waals surface area contributed by atoms with Crippen LogP contribution in [0.3, 0.4) is 0 Å². The second-order valence-corrected chi connectivity index (χ2v) is 4.89. The number of para-hydroxylation sites is 1. The third kappa shape index (κ3) is 1.61. The molecule has 1 heterocycles. The molecule has 2 aromatic rings. The van der Waals surface area contributed by atoms with E-state index < -0.39 is 0 Å². The van der Waals surface area contributed by atoms with E-state index in [9.17, 15) is 4.79 Å². The normalized spacial score (nSPS) is 17.4. The smallest absolute Gasteiger partial charge is 0.236 e. The molecule has 0 aromatic heterocycles. The zero-order valence-corrected chi connectivity index (χ0v) is 10.7. The Labute approximate surface area is 111 Å². The van der Waals surface area contributed by atoms with E-state index in [2.05, 4.69) is 5.32 Å². The second-order valence-electron chi connectivity index (χ2n) is 4.48. The molecule has 3 heteroatoms. The molecule has 0 spiro atoms. The summed E-state index contributed by atoms with van der Waals surface area (Å²) in [6.07, 6.45) is 0. The van der Waals surface area contributed by atoms with Gasteiger partial charge in [-0.05, 0) is 29.7 Å². The number of carbonyl (C=O) groups excluding carboxylic acids is 1. The van der Waals surface area contributed by atoms with Crippen molar-refractivity contribution in [2.75, 3.05) is 5.32 Å². The molecule has 0 bridgehead atoms. The maximum Gasteiger partial charge on any atom is 0.236 e. The largest absolute Gasteiger partial charge is 0.324 e. The van der Waals surface area contributed by atoms with Crippen molar-refractivity contribution < 1.29 is 4.79 Å². The van der Waals surface area contributed by atoms with Gasteiger partial charge in [0.05, 0.1) is 16.6 Å². The Kier molecular flexibility index (Phi) is 2.60. The highest BCUT2D eigenvalue weighted by molar-refractivity contribution is 6.34. The van der Waals surface area contributed by atoms with Gasteiger partial charge in [0.15, 0.2) is 0 Å². The van der Waals surface area contributed by atoms with Crippen LogP contribution in [-0.2, 0) is 4.79 Å². The zero-order chi connectivity index (χ0) is 12.7. The first kappa shape index (κ1) is 11.3. The van der Waals surface area contributed by atoms with Crippen molar-refractivity contribution in [1.82, 2.24) is 0 Å². The van der Waals surface area contributed by atoms with Crippen LogP contribution in [0.15, 0.2) is 42.5 Å². The maximum absolute atomic E-state index is 12.2. The highest BCUT2D eigenvalue weighted by Crippen LogP contribution is 2.41. The highest BCUT2D eigenvalue weighted by atomic mass is 35.5. The van der Waals surface area contributed by atoms with Crippen LogP contribution >= 0.6 is 11.6 Å². The highest BCUT2D eigenvalue weighted by Gasteiger charge is 2.33. The van der Waals surface area contributed by atoms with Crippen LogP contribution in [-0.4, -0.2) is 5.91 Å². The van der Waals surface area contributed by atoms with Gasteiger partial charge in [-0.15, -0.1) is 0 Å². The summed E-state index contributed by atoms with van der Waals surface area (Å²) in [6.45, 7) is 2.02. The van der Waals surface area contributed by atoms with Crippen LogP contribution in [0.5, 0.6) is 0 Å². The number of anilines is 1. The van der Waals surface area contributed by atoms with Crippen LogP contribution < -0.4 is 5.32 Å². The van der Waals surface area contributed by atoms with Gasteiger partial charge in [-0.25, -0.2) is 0 Å². The van der Waals surface area contributed by atoms with Crippen molar-refractivity contribution in [3.05, 3.63) is 64.2 Å². The van der Waals surface area contributed by atoms with Crippen molar-refractivity contribution in [2.45, 2.75) is 12.8 Å². The fourth-order valence-corrected chi connectivity index (χ4v) is 2.70. The molecule has 0 saturated carbocycles. The van der Waals surface area contributed by atoms with Crippen molar-refractivity contribution in [3.63, 3.8) is 0 Å². The lowest BCUT2D eigenvalue weighted by Gasteiger charge is -2.12. The molecule has 1 unspecified atom stereocenters. The van der Waals surface area contributed by atoms with Gasteiger partial charge in [0.1, 0.15) is 0 Å². The minimum Gasteiger partial charge on any atom is -0.324 e. The van der Waals surface area contributed by atoms with E-state index in [1.807, 2.05) is 43.3 Å². The van der Waals surface area contributed by atoms with Crippen molar-refractivity contribution in [3.8, 4) is 0 Å². The Morgan fingerprint density at radius 1 is 1.06 bits per heavy atom. The summed E-state index contributed by atoms with van der Waals surface area (Å²) in [7, 11) is 0. The zero-order valence-electron chi connectivity index (χ0n) is 9.91. The number of benzene rings is 2. The van der Waals surface area contributed by atoms with Crippen LogP contribution in [0, 0.1) is 6.92 Å². The summed E-state index contributed by atoms with van der Waals surface area (Å²) in [6, 6.07) is 13.6. The Hall–Kier alpha value is -1.80. The quantitative estimate of drug-likeness (QED) is 0.829. The maximum atomic E-state index is 12.2. The number of rotatable bonds is 1. The van der Waals surface area contributed by atoms with Gasteiger partial charge < -0.3 is 5.32 Å². The lowest BCUT2D eigenvalue weighted by Crippen LogP contribution is -2.14. The predicted molar refractivity (Wildman–Crippen MR) is 73.1 cm³/mol. The molecule has 1 amide bonds. The molecule has 2 aromatic carbocycles. The minimum atomic E-state index is -0.250. The molecule has 1 atom stereocenters. The minimum absolute atomic E-state index is 0.00704. The lowest BCUT2D eigenvalue weighted by molar-refractivity contribution is -0.116. The summed E-state index contributed by atoms with van der Waals surface area (Å²) >= 11 is 6.11. The number of fused-ring (bicyclic) bond motifs is 1. The first-order valence-corrected chi connectivity index (χ1v) is 6.21. The summed E-state index contributed by atoms with van der Waals surface area (Å²) < 4.78 is 0. The van der Waals surface area contributed by atoms with Crippen LogP contribution in [0.2, 0.25) is 5.02 Å². The van der Waals surface area contributed by atoms with Crippen molar-refractivity contribution >= 4 is 23.2 Å². The fraction of sp³-hybridized carbons (Fsp3) is 0.133. The third-order valence-electron chi connectivity index (χ3n) is 3.37. The SMILES string of the molecule is Cc1ccccc1C1C(=O)Nc2c(Cl)cccc21. The molecule has 3 rings (SSSR count). The van der Waals surface area contributed by atoms with E-state index in [-0.39, 0.29) is 11.8 Å². The van der Waals surface area contributed by atoms with E-state index in [1.54, 1.807) is 6.07 Å². The standard InChI is InChI=1S/C15H12ClNO/c1-9-5-2-3-6-10(9)13-11-7-4-8-12(16)14(11)17-15(13)18/h2-8,13H,1H3,(H,17,18). The van der Waals surface area contributed by atoms with Crippen LogP contribution in [0.25, 0.3) is 0 Å². The molecule has 0 saturated heterocycles. The topological polar surface area (TPSA) is 29.1 Å². The predicted octanol–water partition coefficient (Wildman–Crippen LogP) is 3.73. The number of amides is 1. The van der Waals surface area contributed by atoms with E-state index in [1.165, 1.54) is 0 Å². The average Bonchev–Trinajstić information content (AvgIpc) is 2.68. The molecule has 0 fully saturated rings. The fourth-order valence-electron chi connectivity index (χ4n) is 2.47. The van der Waals surface area contributed by atoms with Crippen molar-refractivity contribution in [2.24, 2.45) is 0 Å². The first-order valence-electron chi connectivity index (χ1n) is 5.83. The summed E-state index contributed by atoms with van der Waals surface area (Å²) in [4.78, 5) is 12.2. The summed E-state index contributed by atoms with van der Waals surface area (Å²) in [5, 5.41) is 3.46. The van der Waals surface area contributed by atoms with Crippen LogP contribution in [0.1, 0.15) is 22.6 Å². The molecule has 0 aliphatic carbocycles. The Morgan fingerprint density at radius 2 is 1.78 bits per heavy atom. The summed E-state index contributed by atoms with van der Waals surface area (Å²) in [5.74, 6) is -0.257. The molecule has 1 aliphatic rings. The summed E-state index contributed by atoms with van der Waals surface area (Å²) in [5.41, 5.74) is 3.86. The molecule has 18 heavy (non-hydrogen) atoms. The Morgan fingerprint density at radius 3 is 2.56 bits per heavy atom. The number of aryl methyl sites for hydroxylation is 1. The number of hydrogen-bond donors (Lipinski definition) is 1. The van der Waals surface area contributed by atoms with E-state index in [0.29, 0.717) is 5.02 Å². The number of hydrogen-bond acceptors (Lipinski definition) is 1. The van der Waals surface area contributed by atoms with Gasteiger partial charge in [-0.2, -0.15) is 0 Å². The number of carbonyl (C=O) groups is 1.